The van der Waals surface area contributed by atoms with Gasteiger partial charge in [0.25, 0.3) is 0 Å². The number of H-pyrrole nitrogens is 1. The second kappa shape index (κ2) is 10.8. The summed E-state index contributed by atoms with van der Waals surface area (Å²) in [7, 11) is 1.41. The number of hydrogen-bond acceptors (Lipinski definition) is 7. The Morgan fingerprint density at radius 3 is 2.62 bits per heavy atom. The number of hydrogen-bond donors (Lipinski definition) is 4. The molecular weight excluding hydrogens is 474 g/mol. The first-order valence-electron chi connectivity index (χ1n) is 12.1. The summed E-state index contributed by atoms with van der Waals surface area (Å²) in [4.78, 5) is 33.8. The highest BCUT2D eigenvalue weighted by Gasteiger charge is 2.28. The van der Waals surface area contributed by atoms with Gasteiger partial charge < -0.3 is 29.7 Å². The standard InChI is InChI=1S/C28H31N3O6/c1-15(2)11-21(28-30-19-7-5-6-8-20(19)31-28)29-25(34)14-18(17-9-10-22(32)24(13-17)36-4)27-26(35)23(33)12-16(3)37-27/h5-10,12-13,15,18,21,32,35H,11,14H2,1-4H3,(H,29,34)(H,30,31)/t18-,21+/m1/s1. The number of nitrogens with zero attached hydrogens (tertiary/aromatic N) is 1. The van der Waals surface area contributed by atoms with Crippen LogP contribution in [0.2, 0.25) is 0 Å². The van der Waals surface area contributed by atoms with Crippen LogP contribution in [0.15, 0.2) is 57.7 Å². The zero-order valence-electron chi connectivity index (χ0n) is 21.2. The lowest BCUT2D eigenvalue weighted by atomic mass is 9.91. The van der Waals surface area contributed by atoms with Crippen molar-refractivity contribution < 1.29 is 24.2 Å². The van der Waals surface area contributed by atoms with Gasteiger partial charge in [0.05, 0.1) is 30.1 Å². The van der Waals surface area contributed by atoms with Gasteiger partial charge in [-0.2, -0.15) is 0 Å². The average Bonchev–Trinajstić information content (AvgIpc) is 3.29. The maximum absolute atomic E-state index is 13.4. The van der Waals surface area contributed by atoms with Gasteiger partial charge in [-0.1, -0.05) is 32.0 Å². The van der Waals surface area contributed by atoms with E-state index in [1.807, 2.05) is 24.3 Å². The van der Waals surface area contributed by atoms with Crippen LogP contribution in [0, 0.1) is 12.8 Å². The number of benzene rings is 2. The summed E-state index contributed by atoms with van der Waals surface area (Å²) in [6.45, 7) is 5.72. The summed E-state index contributed by atoms with van der Waals surface area (Å²) in [5.74, 6) is -0.407. The van der Waals surface area contributed by atoms with Crippen molar-refractivity contribution in [3.8, 4) is 17.2 Å². The van der Waals surface area contributed by atoms with Crippen LogP contribution in [0.1, 0.15) is 61.6 Å². The van der Waals surface area contributed by atoms with Gasteiger partial charge in [0.1, 0.15) is 11.6 Å². The predicted octanol–water partition coefficient (Wildman–Crippen LogP) is 4.67. The third-order valence-electron chi connectivity index (χ3n) is 6.16. The molecule has 0 spiro atoms. The molecule has 9 nitrogen and oxygen atoms in total. The van der Waals surface area contributed by atoms with E-state index in [2.05, 4.69) is 29.1 Å². The first kappa shape index (κ1) is 25.8. The quantitative estimate of drug-likeness (QED) is 0.259. The summed E-state index contributed by atoms with van der Waals surface area (Å²) in [5, 5.41) is 23.7. The molecule has 0 bridgehead atoms. The molecule has 2 aromatic carbocycles. The number of ether oxygens (including phenoxy) is 1. The van der Waals surface area contributed by atoms with Crippen molar-refractivity contribution >= 4 is 16.9 Å². The number of carbonyl (C=O) groups excluding carboxylic acids is 1. The number of aromatic nitrogens is 2. The largest absolute Gasteiger partial charge is 0.504 e. The number of imidazole rings is 1. The summed E-state index contributed by atoms with van der Waals surface area (Å²) < 4.78 is 11.0. The SMILES string of the molecule is COc1cc([C@@H](CC(=O)N[C@@H](CC(C)C)c2nc3ccccc3[nH]2)c2oc(C)cc(=O)c2O)ccc1O. The number of fused-ring (bicyclic) bond motifs is 1. The van der Waals surface area contributed by atoms with Crippen LogP contribution in [0.4, 0.5) is 0 Å². The van der Waals surface area contributed by atoms with Crippen molar-refractivity contribution in [3.63, 3.8) is 0 Å². The topological polar surface area (TPSA) is 138 Å². The van der Waals surface area contributed by atoms with E-state index in [0.29, 0.717) is 23.6 Å². The summed E-state index contributed by atoms with van der Waals surface area (Å²) in [6.07, 6.45) is 0.511. The van der Waals surface area contributed by atoms with Crippen molar-refractivity contribution in [2.45, 2.75) is 45.6 Å². The molecule has 2 heterocycles. The molecule has 0 aliphatic rings. The molecule has 4 aromatic rings. The Morgan fingerprint density at radius 2 is 1.92 bits per heavy atom. The third-order valence-corrected chi connectivity index (χ3v) is 6.16. The first-order chi connectivity index (χ1) is 17.7. The lowest BCUT2D eigenvalue weighted by Crippen LogP contribution is -2.31. The molecule has 194 valence electrons. The van der Waals surface area contributed by atoms with Crippen molar-refractivity contribution in [2.75, 3.05) is 7.11 Å². The number of methoxy groups -OCH3 is 1. The number of nitrogens with one attached hydrogen (secondary N) is 2. The first-order valence-corrected chi connectivity index (χ1v) is 12.1. The van der Waals surface area contributed by atoms with Crippen molar-refractivity contribution in [2.24, 2.45) is 5.92 Å². The van der Waals surface area contributed by atoms with Crippen LogP contribution in [0.25, 0.3) is 11.0 Å². The maximum atomic E-state index is 13.4. The van der Waals surface area contributed by atoms with E-state index in [9.17, 15) is 19.8 Å². The van der Waals surface area contributed by atoms with Crippen molar-refractivity contribution in [1.29, 1.82) is 0 Å². The smallest absolute Gasteiger partial charge is 0.227 e. The molecule has 0 radical (unpaired) electrons. The van der Waals surface area contributed by atoms with E-state index < -0.39 is 17.1 Å². The Kier molecular flexibility index (Phi) is 7.52. The van der Waals surface area contributed by atoms with E-state index in [-0.39, 0.29) is 41.5 Å². The van der Waals surface area contributed by atoms with Crippen LogP contribution in [-0.2, 0) is 4.79 Å². The molecule has 2 atom stereocenters. The Hall–Kier alpha value is -4.27. The third kappa shape index (κ3) is 5.77. The normalized spacial score (nSPS) is 13.0. The van der Waals surface area contributed by atoms with Gasteiger partial charge in [-0.05, 0) is 49.1 Å². The highest BCUT2D eigenvalue weighted by molar-refractivity contribution is 5.79. The molecule has 9 heteroatoms. The zero-order valence-corrected chi connectivity index (χ0v) is 21.2. The molecule has 0 saturated heterocycles. The minimum absolute atomic E-state index is 0.0305. The second-order valence-electron chi connectivity index (χ2n) is 9.51. The van der Waals surface area contributed by atoms with Gasteiger partial charge in [-0.15, -0.1) is 0 Å². The molecular formula is C28H31N3O6. The van der Waals surface area contributed by atoms with Crippen molar-refractivity contribution in [3.05, 3.63) is 81.7 Å². The number of para-hydroxylation sites is 2. The van der Waals surface area contributed by atoms with E-state index in [1.54, 1.807) is 19.1 Å². The summed E-state index contributed by atoms with van der Waals surface area (Å²) in [5.41, 5.74) is 1.61. The van der Waals surface area contributed by atoms with Gasteiger partial charge >= 0.3 is 0 Å². The zero-order chi connectivity index (χ0) is 26.7. The summed E-state index contributed by atoms with van der Waals surface area (Å²) in [6, 6.07) is 13.0. The molecule has 2 aromatic heterocycles. The van der Waals surface area contributed by atoms with Gasteiger partial charge in [0, 0.05) is 12.5 Å². The van der Waals surface area contributed by atoms with E-state index >= 15 is 0 Å². The van der Waals surface area contributed by atoms with Gasteiger partial charge in [-0.25, -0.2) is 4.98 Å². The molecule has 4 N–H and O–H groups in total. The number of carbonyl (C=O) groups is 1. The van der Waals surface area contributed by atoms with Crippen molar-refractivity contribution in [1.82, 2.24) is 15.3 Å². The number of aromatic hydroxyl groups is 2. The predicted molar refractivity (Wildman–Crippen MR) is 139 cm³/mol. The molecule has 0 saturated carbocycles. The number of aromatic amines is 1. The van der Waals surface area contributed by atoms with Gasteiger partial charge in [-0.3, -0.25) is 9.59 Å². The number of phenolic OH excluding ortho intramolecular Hbond substituents is 1. The van der Waals surface area contributed by atoms with Gasteiger partial charge in [0.2, 0.25) is 17.1 Å². The Morgan fingerprint density at radius 1 is 1.16 bits per heavy atom. The van der Waals surface area contributed by atoms with Crippen LogP contribution >= 0.6 is 0 Å². The molecule has 1 amide bonds. The molecule has 0 aliphatic carbocycles. The maximum Gasteiger partial charge on any atom is 0.227 e. The number of aryl methyl sites for hydroxylation is 1. The van der Waals surface area contributed by atoms with E-state index in [0.717, 1.165) is 11.0 Å². The Labute approximate surface area is 214 Å². The monoisotopic (exact) mass is 505 g/mol. The summed E-state index contributed by atoms with van der Waals surface area (Å²) >= 11 is 0. The average molecular weight is 506 g/mol. The molecule has 0 fully saturated rings. The molecule has 0 aliphatic heterocycles. The molecule has 4 rings (SSSR count). The van der Waals surface area contributed by atoms with Crippen LogP contribution in [-0.4, -0.2) is 33.2 Å². The number of rotatable bonds is 9. The lowest BCUT2D eigenvalue weighted by molar-refractivity contribution is -0.122. The number of amides is 1. The Balaban J connectivity index is 1.69. The fourth-order valence-corrected chi connectivity index (χ4v) is 4.42. The number of phenols is 1. The highest BCUT2D eigenvalue weighted by Crippen LogP contribution is 2.37. The van der Waals surface area contributed by atoms with Crippen LogP contribution in [0.5, 0.6) is 17.2 Å². The van der Waals surface area contributed by atoms with Gasteiger partial charge in [0.15, 0.2) is 17.3 Å². The van der Waals surface area contributed by atoms with E-state index in [4.69, 9.17) is 9.15 Å². The fraction of sp³-hybridized carbons (Fsp3) is 0.321. The van der Waals surface area contributed by atoms with Crippen LogP contribution in [0.3, 0.4) is 0 Å². The minimum Gasteiger partial charge on any atom is -0.504 e. The van der Waals surface area contributed by atoms with Crippen LogP contribution < -0.4 is 15.5 Å². The second-order valence-corrected chi connectivity index (χ2v) is 9.51. The van der Waals surface area contributed by atoms with E-state index in [1.165, 1.54) is 19.2 Å². The highest BCUT2D eigenvalue weighted by atomic mass is 16.5. The lowest BCUT2D eigenvalue weighted by Gasteiger charge is -2.22. The molecule has 0 unspecified atom stereocenters. The molecule has 37 heavy (non-hydrogen) atoms. The Bertz CT molecular complexity index is 1440. The fourth-order valence-electron chi connectivity index (χ4n) is 4.42. The minimum atomic E-state index is -0.822.